The molecule has 1 saturated heterocycles. The molecule has 4 nitrogen and oxygen atoms in total. The van der Waals surface area contributed by atoms with Gasteiger partial charge in [-0.25, -0.2) is 9.97 Å². The summed E-state index contributed by atoms with van der Waals surface area (Å²) < 4.78 is 0. The lowest BCUT2D eigenvalue weighted by Crippen LogP contribution is -2.22. The van der Waals surface area contributed by atoms with Crippen LogP contribution in [0.25, 0.3) is 0 Å². The monoisotopic (exact) mass is 241 g/mol. The van der Waals surface area contributed by atoms with Gasteiger partial charge in [0.05, 0.1) is 6.54 Å². The van der Waals surface area contributed by atoms with E-state index in [9.17, 15) is 0 Å². The van der Waals surface area contributed by atoms with Crippen LogP contribution in [-0.4, -0.2) is 39.7 Å². The van der Waals surface area contributed by atoms with Gasteiger partial charge in [-0.05, 0) is 31.9 Å². The Kier molecular flexibility index (Phi) is 3.74. The molecule has 1 atom stereocenters. The first-order chi connectivity index (χ1) is 7.67. The van der Waals surface area contributed by atoms with E-state index >= 15 is 0 Å². The first-order valence-corrected chi connectivity index (χ1v) is 5.88. The molecule has 1 fully saturated rings. The third kappa shape index (κ3) is 2.90. The van der Waals surface area contributed by atoms with Crippen molar-refractivity contribution in [3.05, 3.63) is 22.7 Å². The molecule has 1 N–H and O–H groups in total. The highest BCUT2D eigenvalue weighted by Gasteiger charge is 2.22. The molecule has 0 saturated carbocycles. The van der Waals surface area contributed by atoms with Gasteiger partial charge in [0.2, 0.25) is 0 Å². The van der Waals surface area contributed by atoms with E-state index in [4.69, 9.17) is 16.7 Å². The zero-order valence-corrected chi connectivity index (χ0v) is 10.1. The molecule has 5 heteroatoms. The van der Waals surface area contributed by atoms with Gasteiger partial charge in [-0.3, -0.25) is 4.90 Å². The summed E-state index contributed by atoms with van der Waals surface area (Å²) in [5, 5.41) is 9.56. The number of aryl methyl sites for hydroxylation is 1. The molecule has 0 aliphatic carbocycles. The average Bonchev–Trinajstić information content (AvgIpc) is 2.64. The summed E-state index contributed by atoms with van der Waals surface area (Å²) in [5.74, 6) is 1.17. The van der Waals surface area contributed by atoms with Crippen LogP contribution in [0.15, 0.2) is 6.07 Å². The van der Waals surface area contributed by atoms with Crippen LogP contribution in [0.1, 0.15) is 17.9 Å². The lowest BCUT2D eigenvalue weighted by molar-refractivity contribution is 0.219. The van der Waals surface area contributed by atoms with Gasteiger partial charge in [0, 0.05) is 18.8 Å². The van der Waals surface area contributed by atoms with Gasteiger partial charge in [0.1, 0.15) is 11.0 Å². The van der Waals surface area contributed by atoms with Crippen molar-refractivity contribution in [1.29, 1.82) is 0 Å². The molecule has 88 valence electrons. The molecule has 1 aromatic rings. The van der Waals surface area contributed by atoms with E-state index in [2.05, 4.69) is 14.9 Å². The Labute approximate surface area is 100 Å². The van der Waals surface area contributed by atoms with Crippen LogP contribution in [0.3, 0.4) is 0 Å². The van der Waals surface area contributed by atoms with E-state index in [1.165, 1.54) is 0 Å². The predicted molar refractivity (Wildman–Crippen MR) is 62.2 cm³/mol. The molecule has 0 amide bonds. The first kappa shape index (κ1) is 11.8. The summed E-state index contributed by atoms with van der Waals surface area (Å²) in [6.45, 7) is 4.83. The number of nitrogens with zero attached hydrogens (tertiary/aromatic N) is 3. The second-order valence-corrected chi connectivity index (χ2v) is 4.71. The molecule has 2 rings (SSSR count). The highest BCUT2D eigenvalue weighted by atomic mass is 35.5. The van der Waals surface area contributed by atoms with Crippen molar-refractivity contribution >= 4 is 11.6 Å². The summed E-state index contributed by atoms with van der Waals surface area (Å²) >= 11 is 5.88. The number of rotatable bonds is 3. The number of halogens is 1. The fraction of sp³-hybridized carbons (Fsp3) is 0.636. The average molecular weight is 242 g/mol. The Balaban J connectivity index is 1.99. The van der Waals surface area contributed by atoms with Gasteiger partial charge >= 0.3 is 0 Å². The van der Waals surface area contributed by atoms with Crippen molar-refractivity contribution < 1.29 is 5.11 Å². The number of aliphatic hydroxyl groups excluding tert-OH is 1. The van der Waals surface area contributed by atoms with Gasteiger partial charge in [-0.15, -0.1) is 0 Å². The van der Waals surface area contributed by atoms with Crippen LogP contribution >= 0.6 is 11.6 Å². The van der Waals surface area contributed by atoms with E-state index in [-0.39, 0.29) is 6.61 Å². The standard InChI is InChI=1S/C11H16ClN3O/c1-8-4-10(12)14-11(13-8)6-15-3-2-9(5-15)7-16/h4,9,16H,2-3,5-7H2,1H3. The molecule has 1 aliphatic heterocycles. The fourth-order valence-corrected chi connectivity index (χ4v) is 2.32. The van der Waals surface area contributed by atoms with Crippen LogP contribution < -0.4 is 0 Å². The van der Waals surface area contributed by atoms with Gasteiger partial charge in [-0.1, -0.05) is 11.6 Å². The van der Waals surface area contributed by atoms with Crippen LogP contribution in [0, 0.1) is 12.8 Å². The number of hydrogen-bond acceptors (Lipinski definition) is 4. The van der Waals surface area contributed by atoms with Crippen molar-refractivity contribution in [2.24, 2.45) is 5.92 Å². The Morgan fingerprint density at radius 1 is 1.56 bits per heavy atom. The second-order valence-electron chi connectivity index (χ2n) is 4.32. The van der Waals surface area contributed by atoms with Crippen molar-refractivity contribution in [3.8, 4) is 0 Å². The Morgan fingerprint density at radius 3 is 3.00 bits per heavy atom. The molecular weight excluding hydrogens is 226 g/mol. The molecular formula is C11H16ClN3O. The van der Waals surface area contributed by atoms with Crippen LogP contribution in [0.2, 0.25) is 5.15 Å². The smallest absolute Gasteiger partial charge is 0.144 e. The van der Waals surface area contributed by atoms with Crippen molar-refractivity contribution in [3.63, 3.8) is 0 Å². The number of aliphatic hydroxyl groups is 1. The third-order valence-electron chi connectivity index (χ3n) is 2.86. The molecule has 16 heavy (non-hydrogen) atoms. The van der Waals surface area contributed by atoms with Gasteiger partial charge in [-0.2, -0.15) is 0 Å². The molecule has 1 unspecified atom stereocenters. The third-order valence-corrected chi connectivity index (χ3v) is 3.06. The summed E-state index contributed by atoms with van der Waals surface area (Å²) in [6.07, 6.45) is 1.05. The summed E-state index contributed by atoms with van der Waals surface area (Å²) in [7, 11) is 0. The lowest BCUT2D eigenvalue weighted by Gasteiger charge is -2.14. The van der Waals surface area contributed by atoms with Crippen molar-refractivity contribution in [2.45, 2.75) is 19.9 Å². The molecule has 2 heterocycles. The van der Waals surface area contributed by atoms with Crippen LogP contribution in [0.4, 0.5) is 0 Å². The zero-order valence-electron chi connectivity index (χ0n) is 9.36. The minimum atomic E-state index is 0.270. The minimum Gasteiger partial charge on any atom is -0.396 e. The minimum absolute atomic E-state index is 0.270. The molecule has 1 aromatic heterocycles. The van der Waals surface area contributed by atoms with Crippen LogP contribution in [0.5, 0.6) is 0 Å². The first-order valence-electron chi connectivity index (χ1n) is 5.50. The molecule has 0 radical (unpaired) electrons. The van der Waals surface area contributed by atoms with E-state index in [1.807, 2.05) is 6.92 Å². The normalized spacial score (nSPS) is 21.6. The van der Waals surface area contributed by atoms with E-state index in [0.29, 0.717) is 11.1 Å². The van der Waals surface area contributed by atoms with Gasteiger partial charge < -0.3 is 5.11 Å². The van der Waals surface area contributed by atoms with Crippen LogP contribution in [-0.2, 0) is 6.54 Å². The van der Waals surface area contributed by atoms with E-state index < -0.39 is 0 Å². The maximum atomic E-state index is 9.06. The Hall–Kier alpha value is -0.710. The molecule has 0 aromatic carbocycles. The topological polar surface area (TPSA) is 49.2 Å². The number of hydrogen-bond donors (Lipinski definition) is 1. The maximum Gasteiger partial charge on any atom is 0.144 e. The summed E-state index contributed by atoms with van der Waals surface area (Å²) in [5.41, 5.74) is 0.896. The molecule has 0 bridgehead atoms. The largest absolute Gasteiger partial charge is 0.396 e. The summed E-state index contributed by atoms with van der Waals surface area (Å²) in [6, 6.07) is 1.76. The Bertz CT molecular complexity index is 352. The van der Waals surface area contributed by atoms with Gasteiger partial charge in [0.15, 0.2) is 0 Å². The van der Waals surface area contributed by atoms with E-state index in [0.717, 1.165) is 37.6 Å². The SMILES string of the molecule is Cc1cc(Cl)nc(CN2CCC(CO)C2)n1. The maximum absolute atomic E-state index is 9.06. The van der Waals surface area contributed by atoms with Crippen molar-refractivity contribution in [2.75, 3.05) is 19.7 Å². The highest BCUT2D eigenvalue weighted by molar-refractivity contribution is 6.29. The quantitative estimate of drug-likeness (QED) is 0.810. The molecule has 1 aliphatic rings. The number of aromatic nitrogens is 2. The number of likely N-dealkylation sites (tertiary alicyclic amines) is 1. The lowest BCUT2D eigenvalue weighted by atomic mass is 10.1. The van der Waals surface area contributed by atoms with E-state index in [1.54, 1.807) is 6.07 Å². The zero-order chi connectivity index (χ0) is 11.5. The highest BCUT2D eigenvalue weighted by Crippen LogP contribution is 2.17. The predicted octanol–water partition coefficient (Wildman–Crippen LogP) is 1.25. The van der Waals surface area contributed by atoms with Gasteiger partial charge in [0.25, 0.3) is 0 Å². The Morgan fingerprint density at radius 2 is 2.38 bits per heavy atom. The van der Waals surface area contributed by atoms with Crippen molar-refractivity contribution in [1.82, 2.24) is 14.9 Å². The fourth-order valence-electron chi connectivity index (χ4n) is 2.06. The summed E-state index contributed by atoms with van der Waals surface area (Å²) in [4.78, 5) is 10.8. The molecule has 0 spiro atoms. The second kappa shape index (κ2) is 5.08.